The lowest BCUT2D eigenvalue weighted by Crippen LogP contribution is -2.20. The minimum absolute atomic E-state index is 0.983. The van der Waals surface area contributed by atoms with Gasteiger partial charge in [-0.3, -0.25) is 4.98 Å². The lowest BCUT2D eigenvalue weighted by Gasteiger charge is -2.14. The normalized spacial score (nSPS) is 11.6. The molecule has 0 bridgehead atoms. The summed E-state index contributed by atoms with van der Waals surface area (Å²) < 4.78 is 0.989. The molecule has 0 aliphatic carbocycles. The fourth-order valence-electron chi connectivity index (χ4n) is 3.71. The predicted molar refractivity (Wildman–Crippen MR) is 113 cm³/mol. The third kappa shape index (κ3) is 2.51. The van der Waals surface area contributed by atoms with Crippen molar-refractivity contribution in [3.05, 3.63) is 89.5 Å². The third-order valence-electron chi connectivity index (χ3n) is 4.86. The SMILES string of the molecule is Brc1ccc(-c2ccccc2-c2cccc3c2-c2ccccc2[B]3)nc1. The Morgan fingerprint density at radius 2 is 1.31 bits per heavy atom. The van der Waals surface area contributed by atoms with Crippen LogP contribution in [0.3, 0.4) is 0 Å². The van der Waals surface area contributed by atoms with Crippen LogP contribution in [0.2, 0.25) is 0 Å². The molecule has 0 N–H and O–H groups in total. The highest BCUT2D eigenvalue weighted by Crippen LogP contribution is 2.37. The maximum absolute atomic E-state index is 4.62. The number of hydrogen-bond acceptors (Lipinski definition) is 1. The zero-order valence-corrected chi connectivity index (χ0v) is 15.6. The highest BCUT2D eigenvalue weighted by Gasteiger charge is 2.23. The molecule has 3 aromatic carbocycles. The Bertz CT molecular complexity index is 1120. The second-order valence-corrected chi connectivity index (χ2v) is 7.32. The molecule has 0 unspecified atom stereocenters. The highest BCUT2D eigenvalue weighted by molar-refractivity contribution is 9.10. The van der Waals surface area contributed by atoms with Crippen molar-refractivity contribution < 1.29 is 0 Å². The van der Waals surface area contributed by atoms with Gasteiger partial charge in [0.15, 0.2) is 7.28 Å². The number of fused-ring (bicyclic) bond motifs is 3. The summed E-state index contributed by atoms with van der Waals surface area (Å²) in [6.45, 7) is 0. The van der Waals surface area contributed by atoms with Crippen LogP contribution >= 0.6 is 15.9 Å². The summed E-state index contributed by atoms with van der Waals surface area (Å²) in [6.07, 6.45) is 1.85. The predicted octanol–water partition coefficient (Wildman–Crippen LogP) is 4.81. The molecular weight excluding hydrogens is 381 g/mol. The first-order valence-electron chi connectivity index (χ1n) is 8.60. The lowest BCUT2D eigenvalue weighted by atomic mass is 9.68. The number of rotatable bonds is 2. The summed E-state index contributed by atoms with van der Waals surface area (Å²) in [4.78, 5) is 4.62. The number of pyridine rings is 1. The molecule has 4 aromatic rings. The van der Waals surface area contributed by atoms with Gasteiger partial charge in [0.05, 0.1) is 5.69 Å². The van der Waals surface area contributed by atoms with Gasteiger partial charge in [0.2, 0.25) is 0 Å². The van der Waals surface area contributed by atoms with E-state index in [1.165, 1.54) is 33.2 Å². The van der Waals surface area contributed by atoms with Gasteiger partial charge in [0.25, 0.3) is 0 Å². The quantitative estimate of drug-likeness (QED) is 0.391. The molecule has 1 aromatic heterocycles. The van der Waals surface area contributed by atoms with E-state index < -0.39 is 0 Å². The van der Waals surface area contributed by atoms with E-state index in [1.807, 2.05) is 12.3 Å². The number of nitrogens with zero attached hydrogens (tertiary/aromatic N) is 1. The molecule has 0 saturated carbocycles. The summed E-state index contributed by atoms with van der Waals surface area (Å²) in [5, 5.41) is 0. The van der Waals surface area contributed by atoms with Crippen LogP contribution in [0.15, 0.2) is 89.5 Å². The summed E-state index contributed by atoms with van der Waals surface area (Å²) >= 11 is 3.47. The van der Waals surface area contributed by atoms with Crippen molar-refractivity contribution in [2.75, 3.05) is 0 Å². The largest absolute Gasteiger partial charge is 0.255 e. The summed E-state index contributed by atoms with van der Waals surface area (Å²) in [5.74, 6) is 0. The van der Waals surface area contributed by atoms with Crippen LogP contribution in [-0.2, 0) is 0 Å². The van der Waals surface area contributed by atoms with Crippen molar-refractivity contribution in [3.63, 3.8) is 0 Å². The second-order valence-electron chi connectivity index (χ2n) is 6.41. The molecular formula is C23H14BBrN. The average molecular weight is 395 g/mol. The molecule has 1 nitrogen and oxygen atoms in total. The Morgan fingerprint density at radius 3 is 2.12 bits per heavy atom. The van der Waals surface area contributed by atoms with E-state index in [0.29, 0.717) is 0 Å². The number of aromatic nitrogens is 1. The molecule has 0 amide bonds. The second kappa shape index (κ2) is 6.26. The maximum Gasteiger partial charge on any atom is 0.193 e. The van der Waals surface area contributed by atoms with E-state index in [0.717, 1.165) is 15.7 Å². The Kier molecular flexibility index (Phi) is 3.76. The van der Waals surface area contributed by atoms with Crippen LogP contribution in [0.1, 0.15) is 0 Å². The molecule has 26 heavy (non-hydrogen) atoms. The molecule has 3 heteroatoms. The van der Waals surface area contributed by atoms with Gasteiger partial charge in [0, 0.05) is 16.2 Å². The Morgan fingerprint density at radius 1 is 0.615 bits per heavy atom. The van der Waals surface area contributed by atoms with Crippen LogP contribution < -0.4 is 10.9 Å². The number of benzene rings is 3. The Hall–Kier alpha value is -2.65. The van der Waals surface area contributed by atoms with Gasteiger partial charge in [-0.05, 0) is 50.3 Å². The molecule has 2 heterocycles. The molecule has 0 spiro atoms. The van der Waals surface area contributed by atoms with E-state index in [4.69, 9.17) is 0 Å². The van der Waals surface area contributed by atoms with Crippen molar-refractivity contribution >= 4 is 34.1 Å². The van der Waals surface area contributed by atoms with Crippen LogP contribution in [0, 0.1) is 0 Å². The Balaban J connectivity index is 1.75. The van der Waals surface area contributed by atoms with Gasteiger partial charge in [-0.1, -0.05) is 77.7 Å². The fourth-order valence-corrected chi connectivity index (χ4v) is 3.94. The molecule has 5 rings (SSSR count). The average Bonchev–Trinajstić information content (AvgIpc) is 3.07. The molecule has 0 fully saturated rings. The van der Waals surface area contributed by atoms with E-state index >= 15 is 0 Å². The van der Waals surface area contributed by atoms with Crippen LogP contribution in [-0.4, -0.2) is 12.3 Å². The van der Waals surface area contributed by atoms with Gasteiger partial charge in [-0.25, -0.2) is 0 Å². The van der Waals surface area contributed by atoms with E-state index in [2.05, 4.69) is 101 Å². The number of halogens is 1. The molecule has 121 valence electrons. The van der Waals surface area contributed by atoms with Crippen molar-refractivity contribution in [2.24, 2.45) is 0 Å². The topological polar surface area (TPSA) is 12.9 Å². The van der Waals surface area contributed by atoms with Crippen LogP contribution in [0.4, 0.5) is 0 Å². The minimum Gasteiger partial charge on any atom is -0.255 e. The smallest absolute Gasteiger partial charge is 0.193 e. The fraction of sp³-hybridized carbons (Fsp3) is 0. The van der Waals surface area contributed by atoms with Gasteiger partial charge in [-0.2, -0.15) is 0 Å². The van der Waals surface area contributed by atoms with Crippen LogP contribution in [0.25, 0.3) is 33.5 Å². The Labute approximate surface area is 162 Å². The van der Waals surface area contributed by atoms with E-state index in [9.17, 15) is 0 Å². The first kappa shape index (κ1) is 15.6. The first-order chi connectivity index (χ1) is 12.8. The minimum atomic E-state index is 0.983. The summed E-state index contributed by atoms with van der Waals surface area (Å²) in [5.41, 5.74) is 9.78. The van der Waals surface area contributed by atoms with Crippen LogP contribution in [0.5, 0.6) is 0 Å². The summed E-state index contributed by atoms with van der Waals surface area (Å²) in [7, 11) is 2.27. The van der Waals surface area contributed by atoms with Crippen molar-refractivity contribution in [1.82, 2.24) is 4.98 Å². The van der Waals surface area contributed by atoms with Gasteiger partial charge in [0.1, 0.15) is 0 Å². The zero-order valence-electron chi connectivity index (χ0n) is 14.0. The first-order valence-corrected chi connectivity index (χ1v) is 9.39. The number of hydrogen-bond donors (Lipinski definition) is 0. The molecule has 0 atom stereocenters. The molecule has 1 aliphatic heterocycles. The van der Waals surface area contributed by atoms with Crippen molar-refractivity contribution in [2.45, 2.75) is 0 Å². The third-order valence-corrected chi connectivity index (χ3v) is 5.33. The highest BCUT2D eigenvalue weighted by atomic mass is 79.9. The van der Waals surface area contributed by atoms with Gasteiger partial charge < -0.3 is 0 Å². The molecule has 1 radical (unpaired) electrons. The standard InChI is InChI=1S/C23H14BBrN/c25-15-12-13-22(26-14-15)17-7-2-1-6-16(17)18-9-5-11-21-23(18)19-8-3-4-10-20(19)24-21/h1-14H. The maximum atomic E-state index is 4.62. The zero-order chi connectivity index (χ0) is 17.5. The van der Waals surface area contributed by atoms with Crippen molar-refractivity contribution in [1.29, 1.82) is 0 Å². The monoisotopic (exact) mass is 394 g/mol. The lowest BCUT2D eigenvalue weighted by molar-refractivity contribution is 1.31. The molecule has 1 aliphatic rings. The van der Waals surface area contributed by atoms with E-state index in [-0.39, 0.29) is 0 Å². The van der Waals surface area contributed by atoms with E-state index in [1.54, 1.807) is 0 Å². The molecule has 0 saturated heterocycles. The van der Waals surface area contributed by atoms with Crippen molar-refractivity contribution in [3.8, 4) is 33.5 Å². The summed E-state index contributed by atoms with van der Waals surface area (Å²) in [6, 6.07) is 27.8. The van der Waals surface area contributed by atoms with Gasteiger partial charge >= 0.3 is 0 Å². The van der Waals surface area contributed by atoms with Gasteiger partial charge in [-0.15, -0.1) is 0 Å².